The summed E-state index contributed by atoms with van der Waals surface area (Å²) in [5.74, 6) is 0.327. The quantitative estimate of drug-likeness (QED) is 0.491. The van der Waals surface area contributed by atoms with Gasteiger partial charge in [-0.05, 0) is 42.8 Å². The molecule has 0 unspecified atom stereocenters. The zero-order chi connectivity index (χ0) is 20.4. The number of ether oxygens (including phenoxy) is 2. The first-order valence-corrected chi connectivity index (χ1v) is 9.53. The molecule has 0 bridgehead atoms. The largest absolute Gasteiger partial charge is 0.488 e. The highest BCUT2D eigenvalue weighted by atomic mass is 16.5. The van der Waals surface area contributed by atoms with Gasteiger partial charge >= 0.3 is 5.97 Å². The Labute approximate surface area is 169 Å². The van der Waals surface area contributed by atoms with Crippen LogP contribution in [0.4, 0.5) is 5.69 Å². The van der Waals surface area contributed by atoms with E-state index >= 15 is 0 Å². The minimum absolute atomic E-state index is 0.286. The van der Waals surface area contributed by atoms with E-state index in [4.69, 9.17) is 9.47 Å². The first kappa shape index (κ1) is 18.8. The fraction of sp³-hybridized carbons (Fsp3) is 0.217. The number of hydrogen-bond acceptors (Lipinski definition) is 5. The fourth-order valence-electron chi connectivity index (χ4n) is 3.34. The number of pyridine rings is 1. The average Bonchev–Trinajstić information content (AvgIpc) is 3.11. The van der Waals surface area contributed by atoms with Crippen molar-refractivity contribution in [2.24, 2.45) is 0 Å². The molecule has 2 aromatic carbocycles. The normalized spacial score (nSPS) is 11.0. The predicted molar refractivity (Wildman–Crippen MR) is 115 cm³/mol. The Morgan fingerprint density at radius 3 is 2.72 bits per heavy atom. The van der Waals surface area contributed by atoms with Crippen molar-refractivity contribution in [3.8, 4) is 5.75 Å². The first-order valence-electron chi connectivity index (χ1n) is 9.53. The van der Waals surface area contributed by atoms with Gasteiger partial charge in [0, 0.05) is 30.6 Å². The van der Waals surface area contributed by atoms with Crippen LogP contribution in [0, 0.1) is 0 Å². The summed E-state index contributed by atoms with van der Waals surface area (Å²) in [5, 5.41) is 1.81. The molecule has 2 heterocycles. The Kier molecular flexibility index (Phi) is 5.08. The van der Waals surface area contributed by atoms with Crippen molar-refractivity contribution < 1.29 is 14.3 Å². The third kappa shape index (κ3) is 3.74. The zero-order valence-electron chi connectivity index (χ0n) is 16.7. The number of rotatable bonds is 6. The molecule has 29 heavy (non-hydrogen) atoms. The molecule has 2 aromatic heterocycles. The third-order valence-electron chi connectivity index (χ3n) is 4.77. The number of aromatic amines is 1. The van der Waals surface area contributed by atoms with E-state index in [2.05, 4.69) is 27.0 Å². The van der Waals surface area contributed by atoms with E-state index < -0.39 is 5.97 Å². The second-order valence-electron chi connectivity index (χ2n) is 6.99. The summed E-state index contributed by atoms with van der Waals surface area (Å²) in [5.41, 5.74) is 4.28. The van der Waals surface area contributed by atoms with Crippen molar-refractivity contribution in [2.75, 3.05) is 25.6 Å². The Hall–Kier alpha value is -3.54. The van der Waals surface area contributed by atoms with E-state index in [9.17, 15) is 4.79 Å². The number of nitrogens with zero attached hydrogens (tertiary/aromatic N) is 2. The SMILES string of the molecule is CCOC(=O)c1cc2c(cn1)[nH]c1cccc(OCc3cccc(N(C)C)c3)c12. The summed E-state index contributed by atoms with van der Waals surface area (Å²) in [6, 6.07) is 15.9. The van der Waals surface area contributed by atoms with Crippen LogP contribution in [0.15, 0.2) is 54.7 Å². The molecule has 0 radical (unpaired) electrons. The number of esters is 1. The predicted octanol–water partition coefficient (Wildman–Crippen LogP) is 4.54. The lowest BCUT2D eigenvalue weighted by Gasteiger charge is -2.14. The summed E-state index contributed by atoms with van der Waals surface area (Å²) < 4.78 is 11.3. The molecular formula is C23H23N3O3. The molecule has 148 valence electrons. The summed E-state index contributed by atoms with van der Waals surface area (Å²) in [6.07, 6.45) is 1.66. The minimum atomic E-state index is -0.428. The Balaban J connectivity index is 1.70. The molecule has 1 N–H and O–H groups in total. The van der Waals surface area contributed by atoms with Crippen LogP contribution >= 0.6 is 0 Å². The van der Waals surface area contributed by atoms with E-state index in [-0.39, 0.29) is 5.69 Å². The molecule has 0 aliphatic rings. The van der Waals surface area contributed by atoms with Gasteiger partial charge in [-0.3, -0.25) is 0 Å². The summed E-state index contributed by atoms with van der Waals surface area (Å²) >= 11 is 0. The maximum atomic E-state index is 12.1. The number of fused-ring (bicyclic) bond motifs is 3. The van der Waals surface area contributed by atoms with Gasteiger partial charge in [0.2, 0.25) is 0 Å². The summed E-state index contributed by atoms with van der Waals surface area (Å²) in [6.45, 7) is 2.54. The van der Waals surface area contributed by atoms with Gasteiger partial charge in [0.1, 0.15) is 18.1 Å². The number of hydrogen-bond donors (Lipinski definition) is 1. The smallest absolute Gasteiger partial charge is 0.356 e. The zero-order valence-corrected chi connectivity index (χ0v) is 16.7. The number of carbonyl (C=O) groups excluding carboxylic acids is 1. The van der Waals surface area contributed by atoms with Gasteiger partial charge in [0.05, 0.1) is 23.8 Å². The topological polar surface area (TPSA) is 67.4 Å². The molecule has 0 fully saturated rings. The molecular weight excluding hydrogens is 366 g/mol. The Morgan fingerprint density at radius 2 is 1.93 bits per heavy atom. The lowest BCUT2D eigenvalue weighted by molar-refractivity contribution is 0.0519. The van der Waals surface area contributed by atoms with Crippen LogP contribution in [0.5, 0.6) is 5.75 Å². The van der Waals surface area contributed by atoms with Crippen molar-refractivity contribution in [1.82, 2.24) is 9.97 Å². The number of carbonyl (C=O) groups is 1. The van der Waals surface area contributed by atoms with Crippen LogP contribution in [0.3, 0.4) is 0 Å². The molecule has 0 atom stereocenters. The van der Waals surface area contributed by atoms with Crippen molar-refractivity contribution in [2.45, 2.75) is 13.5 Å². The molecule has 0 spiro atoms. The van der Waals surface area contributed by atoms with Gasteiger partial charge in [-0.1, -0.05) is 18.2 Å². The highest BCUT2D eigenvalue weighted by Crippen LogP contribution is 2.33. The van der Waals surface area contributed by atoms with Crippen molar-refractivity contribution in [1.29, 1.82) is 0 Å². The van der Waals surface area contributed by atoms with Crippen LogP contribution in [-0.2, 0) is 11.3 Å². The highest BCUT2D eigenvalue weighted by molar-refractivity contribution is 6.11. The lowest BCUT2D eigenvalue weighted by Crippen LogP contribution is -2.09. The lowest BCUT2D eigenvalue weighted by atomic mass is 10.1. The van der Waals surface area contributed by atoms with Crippen LogP contribution in [-0.4, -0.2) is 36.6 Å². The Morgan fingerprint density at radius 1 is 1.10 bits per heavy atom. The van der Waals surface area contributed by atoms with Gasteiger partial charge in [-0.25, -0.2) is 9.78 Å². The highest BCUT2D eigenvalue weighted by Gasteiger charge is 2.15. The van der Waals surface area contributed by atoms with Gasteiger partial charge in [0.15, 0.2) is 0 Å². The molecule has 4 rings (SSSR count). The van der Waals surface area contributed by atoms with Crippen LogP contribution < -0.4 is 9.64 Å². The third-order valence-corrected chi connectivity index (χ3v) is 4.77. The van der Waals surface area contributed by atoms with Crippen molar-refractivity contribution >= 4 is 33.5 Å². The van der Waals surface area contributed by atoms with Gasteiger partial charge in [-0.2, -0.15) is 0 Å². The number of anilines is 1. The van der Waals surface area contributed by atoms with E-state index in [1.54, 1.807) is 19.2 Å². The molecule has 6 heteroatoms. The van der Waals surface area contributed by atoms with Crippen LogP contribution in [0.25, 0.3) is 21.8 Å². The fourth-order valence-corrected chi connectivity index (χ4v) is 3.34. The second-order valence-corrected chi connectivity index (χ2v) is 6.99. The van der Waals surface area contributed by atoms with Gasteiger partial charge < -0.3 is 19.4 Å². The first-order chi connectivity index (χ1) is 14.1. The summed E-state index contributed by atoms with van der Waals surface area (Å²) in [7, 11) is 4.03. The van der Waals surface area contributed by atoms with Crippen LogP contribution in [0.2, 0.25) is 0 Å². The number of nitrogens with one attached hydrogen (secondary N) is 1. The number of aromatic nitrogens is 2. The molecule has 0 saturated heterocycles. The molecule has 0 aliphatic carbocycles. The summed E-state index contributed by atoms with van der Waals surface area (Å²) in [4.78, 5) is 21.7. The monoisotopic (exact) mass is 389 g/mol. The maximum Gasteiger partial charge on any atom is 0.356 e. The van der Waals surface area contributed by atoms with E-state index in [0.29, 0.717) is 13.2 Å². The molecule has 6 nitrogen and oxygen atoms in total. The van der Waals surface area contributed by atoms with E-state index in [1.807, 2.05) is 44.4 Å². The molecule has 0 aliphatic heterocycles. The average molecular weight is 389 g/mol. The minimum Gasteiger partial charge on any atom is -0.488 e. The van der Waals surface area contributed by atoms with Crippen LogP contribution in [0.1, 0.15) is 23.0 Å². The molecule has 4 aromatic rings. The van der Waals surface area contributed by atoms with E-state index in [1.165, 1.54) is 0 Å². The maximum absolute atomic E-state index is 12.1. The standard InChI is InChI=1S/C23H23N3O3/c1-4-28-23(27)19-12-17-20(13-24-19)25-18-9-6-10-21(22(17)18)29-14-15-7-5-8-16(11-15)26(2)3/h5-13,25H,4,14H2,1-3H3. The number of H-pyrrole nitrogens is 1. The van der Waals surface area contributed by atoms with Crippen molar-refractivity contribution in [3.05, 3.63) is 66.0 Å². The second kappa shape index (κ2) is 7.83. The number of benzene rings is 2. The van der Waals surface area contributed by atoms with Crippen molar-refractivity contribution in [3.63, 3.8) is 0 Å². The van der Waals surface area contributed by atoms with E-state index in [0.717, 1.165) is 38.8 Å². The Bertz CT molecular complexity index is 1180. The molecule has 0 saturated carbocycles. The van der Waals surface area contributed by atoms with Gasteiger partial charge in [0.25, 0.3) is 0 Å². The van der Waals surface area contributed by atoms with Gasteiger partial charge in [-0.15, -0.1) is 0 Å². The molecule has 0 amide bonds.